The summed E-state index contributed by atoms with van der Waals surface area (Å²) < 4.78 is 5.47. The SMILES string of the molecule is COc1cc(C)ccc1-c1nc(C2CCCN2)cs1. The molecule has 3 rings (SSSR count). The first-order valence-corrected chi connectivity index (χ1v) is 7.49. The molecule has 1 aliphatic rings. The minimum Gasteiger partial charge on any atom is -0.496 e. The van der Waals surface area contributed by atoms with Gasteiger partial charge < -0.3 is 10.1 Å². The van der Waals surface area contributed by atoms with Crippen molar-refractivity contribution in [2.75, 3.05) is 13.7 Å². The highest BCUT2D eigenvalue weighted by atomic mass is 32.1. The van der Waals surface area contributed by atoms with Crippen LogP contribution in [-0.2, 0) is 0 Å². The van der Waals surface area contributed by atoms with Crippen LogP contribution in [0.5, 0.6) is 5.75 Å². The fourth-order valence-corrected chi connectivity index (χ4v) is 3.39. The lowest BCUT2D eigenvalue weighted by Crippen LogP contribution is -2.12. The summed E-state index contributed by atoms with van der Waals surface area (Å²) in [6, 6.07) is 6.69. The van der Waals surface area contributed by atoms with Crippen molar-refractivity contribution in [3.63, 3.8) is 0 Å². The molecule has 2 aromatic rings. The number of aryl methyl sites for hydroxylation is 1. The first-order chi connectivity index (χ1) is 9.28. The van der Waals surface area contributed by atoms with E-state index in [-0.39, 0.29) is 0 Å². The lowest BCUT2D eigenvalue weighted by molar-refractivity contribution is 0.416. The topological polar surface area (TPSA) is 34.1 Å². The number of benzene rings is 1. The molecule has 0 aliphatic carbocycles. The van der Waals surface area contributed by atoms with E-state index in [2.05, 4.69) is 35.8 Å². The number of hydrogen-bond donors (Lipinski definition) is 1. The summed E-state index contributed by atoms with van der Waals surface area (Å²) in [4.78, 5) is 4.78. The fourth-order valence-electron chi connectivity index (χ4n) is 2.48. The van der Waals surface area contributed by atoms with E-state index in [9.17, 15) is 0 Å². The fraction of sp³-hybridized carbons (Fsp3) is 0.400. The van der Waals surface area contributed by atoms with E-state index < -0.39 is 0 Å². The predicted molar refractivity (Wildman–Crippen MR) is 78.8 cm³/mol. The molecule has 1 atom stereocenters. The molecule has 19 heavy (non-hydrogen) atoms. The highest BCUT2D eigenvalue weighted by molar-refractivity contribution is 7.13. The van der Waals surface area contributed by atoms with Crippen molar-refractivity contribution in [1.29, 1.82) is 0 Å². The molecule has 3 nitrogen and oxygen atoms in total. The Hall–Kier alpha value is -1.39. The first kappa shape index (κ1) is 12.6. The number of thiazole rings is 1. The zero-order chi connectivity index (χ0) is 13.2. The maximum atomic E-state index is 5.47. The van der Waals surface area contributed by atoms with Crippen molar-refractivity contribution < 1.29 is 4.74 Å². The monoisotopic (exact) mass is 274 g/mol. The third-order valence-electron chi connectivity index (χ3n) is 3.53. The smallest absolute Gasteiger partial charge is 0.129 e. The highest BCUT2D eigenvalue weighted by Crippen LogP contribution is 2.35. The summed E-state index contributed by atoms with van der Waals surface area (Å²) in [7, 11) is 1.71. The molecular weight excluding hydrogens is 256 g/mol. The molecule has 4 heteroatoms. The molecule has 1 aliphatic heterocycles. The van der Waals surface area contributed by atoms with Crippen LogP contribution in [0.15, 0.2) is 23.6 Å². The van der Waals surface area contributed by atoms with Gasteiger partial charge in [0, 0.05) is 5.38 Å². The number of nitrogens with one attached hydrogen (secondary N) is 1. The van der Waals surface area contributed by atoms with Crippen molar-refractivity contribution in [2.24, 2.45) is 0 Å². The molecule has 1 fully saturated rings. The highest BCUT2D eigenvalue weighted by Gasteiger charge is 2.20. The molecule has 0 radical (unpaired) electrons. The number of aromatic nitrogens is 1. The molecule has 100 valence electrons. The van der Waals surface area contributed by atoms with Crippen LogP contribution in [0.4, 0.5) is 0 Å². The van der Waals surface area contributed by atoms with Gasteiger partial charge in [0.15, 0.2) is 0 Å². The van der Waals surface area contributed by atoms with Gasteiger partial charge in [-0.2, -0.15) is 0 Å². The molecule has 1 saturated heterocycles. The summed E-state index contributed by atoms with van der Waals surface area (Å²) in [6.07, 6.45) is 2.43. The Morgan fingerprint density at radius 2 is 2.32 bits per heavy atom. The Morgan fingerprint density at radius 1 is 1.42 bits per heavy atom. The number of ether oxygens (including phenoxy) is 1. The molecule has 2 heterocycles. The molecular formula is C15H18N2OS. The van der Waals surface area contributed by atoms with E-state index in [4.69, 9.17) is 9.72 Å². The predicted octanol–water partition coefficient (Wildman–Crippen LogP) is 3.55. The zero-order valence-electron chi connectivity index (χ0n) is 11.3. The van der Waals surface area contributed by atoms with E-state index in [1.807, 2.05) is 0 Å². The zero-order valence-corrected chi connectivity index (χ0v) is 12.1. The lowest BCUT2D eigenvalue weighted by atomic mass is 10.1. The van der Waals surface area contributed by atoms with Crippen LogP contribution in [0.3, 0.4) is 0 Å². The molecule has 1 aromatic heterocycles. The third-order valence-corrected chi connectivity index (χ3v) is 4.42. The minimum absolute atomic E-state index is 0.432. The van der Waals surface area contributed by atoms with Gasteiger partial charge in [-0.15, -0.1) is 11.3 Å². The lowest BCUT2D eigenvalue weighted by Gasteiger charge is -2.08. The quantitative estimate of drug-likeness (QED) is 0.929. The van der Waals surface area contributed by atoms with E-state index in [1.165, 1.54) is 24.1 Å². The number of hydrogen-bond acceptors (Lipinski definition) is 4. The van der Waals surface area contributed by atoms with Gasteiger partial charge in [0.1, 0.15) is 10.8 Å². The van der Waals surface area contributed by atoms with Gasteiger partial charge in [0.05, 0.1) is 24.4 Å². The van der Waals surface area contributed by atoms with Crippen LogP contribution in [-0.4, -0.2) is 18.6 Å². The van der Waals surface area contributed by atoms with Gasteiger partial charge in [-0.3, -0.25) is 0 Å². The van der Waals surface area contributed by atoms with E-state index in [0.717, 1.165) is 22.9 Å². The average Bonchev–Trinajstić information content (AvgIpc) is 3.09. The summed E-state index contributed by atoms with van der Waals surface area (Å²) >= 11 is 1.69. The summed E-state index contributed by atoms with van der Waals surface area (Å²) in [5, 5.41) is 6.69. The van der Waals surface area contributed by atoms with Gasteiger partial charge in [0.25, 0.3) is 0 Å². The van der Waals surface area contributed by atoms with Crippen molar-refractivity contribution >= 4 is 11.3 Å². The van der Waals surface area contributed by atoms with E-state index in [1.54, 1.807) is 18.4 Å². The third kappa shape index (κ3) is 2.51. The van der Waals surface area contributed by atoms with Gasteiger partial charge in [0.2, 0.25) is 0 Å². The van der Waals surface area contributed by atoms with Crippen molar-refractivity contribution in [2.45, 2.75) is 25.8 Å². The van der Waals surface area contributed by atoms with Gasteiger partial charge in [-0.05, 0) is 44.0 Å². The molecule has 0 saturated carbocycles. The Labute approximate surface area is 117 Å². The van der Waals surface area contributed by atoms with Crippen LogP contribution >= 0.6 is 11.3 Å². The van der Waals surface area contributed by atoms with E-state index >= 15 is 0 Å². The molecule has 1 N–H and O–H groups in total. The summed E-state index contributed by atoms with van der Waals surface area (Å²) in [6.45, 7) is 3.17. The average molecular weight is 274 g/mol. The summed E-state index contributed by atoms with van der Waals surface area (Å²) in [5.74, 6) is 0.903. The van der Waals surface area contributed by atoms with Crippen LogP contribution in [0, 0.1) is 6.92 Å². The van der Waals surface area contributed by atoms with Gasteiger partial charge >= 0.3 is 0 Å². The Bertz CT molecular complexity index is 573. The van der Waals surface area contributed by atoms with Gasteiger partial charge in [-0.25, -0.2) is 4.98 Å². The second-order valence-corrected chi connectivity index (χ2v) is 5.79. The Morgan fingerprint density at radius 3 is 3.05 bits per heavy atom. The number of rotatable bonds is 3. The van der Waals surface area contributed by atoms with E-state index in [0.29, 0.717) is 6.04 Å². The Kier molecular flexibility index (Phi) is 3.53. The molecule has 1 aromatic carbocycles. The van der Waals surface area contributed by atoms with Crippen LogP contribution in [0.2, 0.25) is 0 Å². The maximum absolute atomic E-state index is 5.47. The second-order valence-electron chi connectivity index (χ2n) is 4.93. The standard InChI is InChI=1S/C15H18N2OS/c1-10-5-6-11(14(8-10)18-2)15-17-13(9-19-15)12-4-3-7-16-12/h5-6,8-9,12,16H,3-4,7H2,1-2H3. The Balaban J connectivity index is 1.93. The normalized spacial score (nSPS) is 18.7. The second kappa shape index (κ2) is 5.31. The first-order valence-electron chi connectivity index (χ1n) is 6.62. The van der Waals surface area contributed by atoms with Crippen LogP contribution in [0.1, 0.15) is 30.1 Å². The summed E-state index contributed by atoms with van der Waals surface area (Å²) in [5.41, 5.74) is 3.46. The minimum atomic E-state index is 0.432. The van der Waals surface area contributed by atoms with Crippen LogP contribution in [0.25, 0.3) is 10.6 Å². The molecule has 1 unspecified atom stereocenters. The van der Waals surface area contributed by atoms with Crippen molar-refractivity contribution in [3.05, 3.63) is 34.8 Å². The largest absolute Gasteiger partial charge is 0.496 e. The number of nitrogens with zero attached hydrogens (tertiary/aromatic N) is 1. The van der Waals surface area contributed by atoms with Crippen molar-refractivity contribution in [3.8, 4) is 16.3 Å². The molecule has 0 amide bonds. The maximum Gasteiger partial charge on any atom is 0.129 e. The van der Waals surface area contributed by atoms with Gasteiger partial charge in [-0.1, -0.05) is 6.07 Å². The number of methoxy groups -OCH3 is 1. The molecule has 0 spiro atoms. The molecule has 0 bridgehead atoms. The van der Waals surface area contributed by atoms with Crippen molar-refractivity contribution in [1.82, 2.24) is 10.3 Å². The van der Waals surface area contributed by atoms with Crippen LogP contribution < -0.4 is 10.1 Å².